The summed E-state index contributed by atoms with van der Waals surface area (Å²) < 4.78 is 23.8. The summed E-state index contributed by atoms with van der Waals surface area (Å²) in [5.41, 5.74) is 1.78. The number of ether oxygens (including phenoxy) is 4. The number of esters is 1. The van der Waals surface area contributed by atoms with Crippen LogP contribution < -0.4 is 29.1 Å². The molecule has 0 amide bonds. The number of hydrogen-bond acceptors (Lipinski definition) is 9. The molecule has 1 aliphatic rings. The molecule has 0 saturated heterocycles. The van der Waals surface area contributed by atoms with E-state index in [1.165, 1.54) is 25.9 Å². The molecule has 4 aromatic rings. The van der Waals surface area contributed by atoms with E-state index in [1.807, 2.05) is 30.3 Å². The third kappa shape index (κ3) is 4.98. The van der Waals surface area contributed by atoms with E-state index in [0.29, 0.717) is 43.2 Å². The van der Waals surface area contributed by atoms with Crippen molar-refractivity contribution in [3.8, 4) is 23.0 Å². The first kappa shape index (κ1) is 27.7. The number of aromatic hydroxyl groups is 1. The molecule has 0 aliphatic carbocycles. The van der Waals surface area contributed by atoms with Gasteiger partial charge in [-0.25, -0.2) is 9.79 Å². The smallest absolute Gasteiger partial charge is 0.338 e. The highest BCUT2D eigenvalue weighted by atomic mass is 32.1. The maximum absolute atomic E-state index is 14.1. The largest absolute Gasteiger partial charge is 0.504 e. The van der Waals surface area contributed by atoms with Crippen LogP contribution in [0.1, 0.15) is 29.7 Å². The molecule has 1 aliphatic heterocycles. The average molecular weight is 573 g/mol. The van der Waals surface area contributed by atoms with Crippen molar-refractivity contribution in [2.45, 2.75) is 13.0 Å². The lowest BCUT2D eigenvalue weighted by Gasteiger charge is -2.27. The van der Waals surface area contributed by atoms with E-state index in [9.17, 15) is 14.7 Å². The van der Waals surface area contributed by atoms with Gasteiger partial charge < -0.3 is 24.1 Å². The zero-order valence-electron chi connectivity index (χ0n) is 22.9. The molecule has 1 atom stereocenters. The number of nitrogens with zero attached hydrogens (tertiary/aromatic N) is 2. The maximum Gasteiger partial charge on any atom is 0.338 e. The second kappa shape index (κ2) is 11.7. The summed E-state index contributed by atoms with van der Waals surface area (Å²) in [4.78, 5) is 33.0. The quantitative estimate of drug-likeness (QED) is 0.321. The Balaban J connectivity index is 1.88. The molecule has 0 spiro atoms. The second-order valence-electron chi connectivity index (χ2n) is 8.91. The first-order valence-electron chi connectivity index (χ1n) is 12.8. The number of fused-ring (bicyclic) bond motifs is 1. The molecular weight excluding hydrogens is 544 g/mol. The number of benzene rings is 3. The second-order valence-corrected chi connectivity index (χ2v) is 9.92. The monoisotopic (exact) mass is 572 g/mol. The number of hydrogen-bond donors (Lipinski definition) is 1. The lowest BCUT2D eigenvalue weighted by molar-refractivity contribution is -0.138. The molecule has 0 fully saturated rings. The molecule has 0 radical (unpaired) electrons. The number of rotatable bonds is 8. The number of thiazole rings is 1. The van der Waals surface area contributed by atoms with Crippen LogP contribution in [0.5, 0.6) is 23.0 Å². The summed E-state index contributed by atoms with van der Waals surface area (Å²) in [6.07, 6.45) is 1.58. The SMILES string of the molecule is CCOC(=O)C1=C(c2ccccc2)N=c2sc(=Cc3cccc(OC)c3O)c(=O)n2C1c1cccc(OC)c1OC. The van der Waals surface area contributed by atoms with Crippen LogP contribution >= 0.6 is 11.3 Å². The third-order valence-electron chi connectivity index (χ3n) is 6.64. The zero-order valence-corrected chi connectivity index (χ0v) is 23.7. The van der Waals surface area contributed by atoms with Gasteiger partial charge in [-0.05, 0) is 25.1 Å². The predicted octanol–water partition coefficient (Wildman–Crippen LogP) is 3.67. The van der Waals surface area contributed by atoms with Crippen molar-refractivity contribution >= 4 is 29.1 Å². The van der Waals surface area contributed by atoms with Crippen molar-refractivity contribution in [1.82, 2.24) is 4.57 Å². The van der Waals surface area contributed by atoms with Crippen LogP contribution in [0.4, 0.5) is 0 Å². The summed E-state index contributed by atoms with van der Waals surface area (Å²) in [7, 11) is 4.48. The molecule has 210 valence electrons. The van der Waals surface area contributed by atoms with Crippen molar-refractivity contribution in [3.05, 3.63) is 109 Å². The van der Waals surface area contributed by atoms with Gasteiger partial charge in [-0.1, -0.05) is 65.9 Å². The van der Waals surface area contributed by atoms with E-state index in [1.54, 1.807) is 49.4 Å². The Kier molecular flexibility index (Phi) is 7.93. The zero-order chi connectivity index (χ0) is 29.1. The number of methoxy groups -OCH3 is 3. The Bertz CT molecular complexity index is 1820. The van der Waals surface area contributed by atoms with Gasteiger partial charge in [0.05, 0.1) is 43.7 Å². The Morgan fingerprint density at radius 3 is 2.37 bits per heavy atom. The minimum Gasteiger partial charge on any atom is -0.504 e. The Hall–Kier alpha value is -4.83. The standard InChI is InChI=1S/C31H28N2O7S/c1-5-40-30(36)24-25(18-11-7-6-8-12-18)32-31-33(26(24)20-14-10-16-22(38-3)28(20)39-4)29(35)23(41-31)17-19-13-9-15-21(37-2)27(19)34/h6-17,26,34H,5H2,1-4H3. The summed E-state index contributed by atoms with van der Waals surface area (Å²) >= 11 is 1.14. The maximum atomic E-state index is 14.1. The number of phenols is 1. The lowest BCUT2D eigenvalue weighted by Crippen LogP contribution is -2.40. The first-order chi connectivity index (χ1) is 19.9. The van der Waals surface area contributed by atoms with Gasteiger partial charge in [0.2, 0.25) is 0 Å². The lowest BCUT2D eigenvalue weighted by atomic mass is 9.92. The average Bonchev–Trinajstić information content (AvgIpc) is 3.31. The fourth-order valence-electron chi connectivity index (χ4n) is 4.82. The number of aromatic nitrogens is 1. The van der Waals surface area contributed by atoms with Gasteiger partial charge in [-0.15, -0.1) is 0 Å². The van der Waals surface area contributed by atoms with Crippen molar-refractivity contribution in [2.24, 2.45) is 4.99 Å². The van der Waals surface area contributed by atoms with Gasteiger partial charge in [0.1, 0.15) is 6.04 Å². The molecule has 0 bridgehead atoms. The van der Waals surface area contributed by atoms with Crippen molar-refractivity contribution in [2.75, 3.05) is 27.9 Å². The molecule has 41 heavy (non-hydrogen) atoms. The Morgan fingerprint density at radius 1 is 0.976 bits per heavy atom. The van der Waals surface area contributed by atoms with Crippen LogP contribution in [-0.2, 0) is 9.53 Å². The van der Waals surface area contributed by atoms with Gasteiger partial charge in [-0.2, -0.15) is 0 Å². The minimum atomic E-state index is -0.952. The highest BCUT2D eigenvalue weighted by Crippen LogP contribution is 2.42. The van der Waals surface area contributed by atoms with Crippen LogP contribution in [0, 0.1) is 0 Å². The summed E-state index contributed by atoms with van der Waals surface area (Å²) in [6, 6.07) is 18.6. The van der Waals surface area contributed by atoms with Gasteiger partial charge in [0, 0.05) is 16.7 Å². The highest BCUT2D eigenvalue weighted by Gasteiger charge is 2.37. The predicted molar refractivity (Wildman–Crippen MR) is 155 cm³/mol. The van der Waals surface area contributed by atoms with Crippen LogP contribution in [-0.4, -0.2) is 43.6 Å². The Labute approximate surface area is 239 Å². The van der Waals surface area contributed by atoms with Gasteiger partial charge in [-0.3, -0.25) is 9.36 Å². The van der Waals surface area contributed by atoms with Crippen LogP contribution in [0.15, 0.2) is 82.1 Å². The van der Waals surface area contributed by atoms with Crippen LogP contribution in [0.25, 0.3) is 11.8 Å². The van der Waals surface area contributed by atoms with Gasteiger partial charge in [0.25, 0.3) is 5.56 Å². The molecule has 5 rings (SSSR count). The summed E-state index contributed by atoms with van der Waals surface area (Å²) in [5.74, 6) is 0.390. The molecule has 0 saturated carbocycles. The van der Waals surface area contributed by atoms with Crippen molar-refractivity contribution in [3.63, 3.8) is 0 Å². The van der Waals surface area contributed by atoms with E-state index in [2.05, 4.69) is 0 Å². The molecular formula is C31H28N2O7S. The van der Waals surface area contributed by atoms with Crippen molar-refractivity contribution < 1.29 is 28.8 Å². The number of phenolic OH excluding ortho intramolecular Hbond substituents is 1. The number of carbonyl (C=O) groups excluding carboxylic acids is 1. The Morgan fingerprint density at radius 2 is 1.68 bits per heavy atom. The fraction of sp³-hybridized carbons (Fsp3) is 0.194. The van der Waals surface area contributed by atoms with E-state index >= 15 is 0 Å². The molecule has 1 N–H and O–H groups in total. The van der Waals surface area contributed by atoms with E-state index < -0.39 is 17.6 Å². The van der Waals surface area contributed by atoms with Crippen LogP contribution in [0.3, 0.4) is 0 Å². The molecule has 9 nitrogen and oxygen atoms in total. The summed E-state index contributed by atoms with van der Waals surface area (Å²) in [6.45, 7) is 1.85. The third-order valence-corrected chi connectivity index (χ3v) is 7.62. The molecule has 2 heterocycles. The van der Waals surface area contributed by atoms with E-state index in [4.69, 9.17) is 23.9 Å². The number of para-hydroxylation sites is 2. The van der Waals surface area contributed by atoms with E-state index in [0.717, 1.165) is 11.3 Å². The normalized spacial score (nSPS) is 14.7. The number of carbonyl (C=O) groups is 1. The fourth-order valence-corrected chi connectivity index (χ4v) is 5.82. The minimum absolute atomic E-state index is 0.0935. The molecule has 10 heteroatoms. The highest BCUT2D eigenvalue weighted by molar-refractivity contribution is 7.07. The van der Waals surface area contributed by atoms with Crippen molar-refractivity contribution in [1.29, 1.82) is 0 Å². The van der Waals surface area contributed by atoms with Gasteiger partial charge in [0.15, 0.2) is 27.8 Å². The summed E-state index contributed by atoms with van der Waals surface area (Å²) in [5, 5.41) is 10.7. The topological polar surface area (TPSA) is 109 Å². The van der Waals surface area contributed by atoms with Gasteiger partial charge >= 0.3 is 5.97 Å². The molecule has 1 unspecified atom stereocenters. The molecule has 1 aromatic heterocycles. The first-order valence-corrected chi connectivity index (χ1v) is 13.6. The van der Waals surface area contributed by atoms with Crippen LogP contribution in [0.2, 0.25) is 0 Å². The van der Waals surface area contributed by atoms with E-state index in [-0.39, 0.29) is 23.7 Å². The molecule has 3 aromatic carbocycles.